The second-order valence-corrected chi connectivity index (χ2v) is 7.26. The van der Waals surface area contributed by atoms with E-state index in [0.29, 0.717) is 11.3 Å². The Hall–Kier alpha value is -3.06. The Labute approximate surface area is 167 Å². The number of para-hydroxylation sites is 1. The Balaban J connectivity index is 1.60. The number of hydrogen-bond donors (Lipinski definition) is 2. The second-order valence-electron chi connectivity index (χ2n) is 6.26. The zero-order valence-corrected chi connectivity index (χ0v) is 16.7. The van der Waals surface area contributed by atoms with Crippen LogP contribution in [0.1, 0.15) is 16.7 Å². The van der Waals surface area contributed by atoms with Gasteiger partial charge in [-0.15, -0.1) is 0 Å². The van der Waals surface area contributed by atoms with Gasteiger partial charge in [0, 0.05) is 5.39 Å². The first kappa shape index (κ1) is 19.7. The molecule has 0 bridgehead atoms. The van der Waals surface area contributed by atoms with Crippen molar-refractivity contribution in [2.75, 3.05) is 12.9 Å². The highest BCUT2D eigenvalue weighted by atomic mass is 32.2. The fraction of sp³-hybridized carbons (Fsp3) is 0.190. The number of phenolic OH excluding ortho intramolecular Hbond substituents is 1. The predicted octanol–water partition coefficient (Wildman–Crippen LogP) is 3.81. The maximum Gasteiger partial charge on any atom is 0.250 e. The fourth-order valence-corrected chi connectivity index (χ4v) is 3.49. The number of pyridine rings is 1. The quantitative estimate of drug-likeness (QED) is 0.377. The van der Waals surface area contributed by atoms with Crippen molar-refractivity contribution in [3.8, 4) is 11.5 Å². The second kappa shape index (κ2) is 8.75. The summed E-state index contributed by atoms with van der Waals surface area (Å²) in [6, 6.07) is 12.9. The average molecular weight is 395 g/mol. The molecule has 1 aromatic heterocycles. The molecule has 0 radical (unpaired) electrons. The number of carbonyl (C=O) groups excluding carboxylic acids is 1. The number of benzene rings is 2. The highest BCUT2D eigenvalue weighted by molar-refractivity contribution is 7.99. The molecule has 0 fully saturated rings. The van der Waals surface area contributed by atoms with Crippen LogP contribution in [0.25, 0.3) is 10.9 Å². The molecule has 0 aliphatic carbocycles. The van der Waals surface area contributed by atoms with Gasteiger partial charge in [0.1, 0.15) is 0 Å². The molecule has 2 aromatic carbocycles. The van der Waals surface area contributed by atoms with Crippen molar-refractivity contribution in [2.24, 2.45) is 5.10 Å². The number of fused-ring (bicyclic) bond motifs is 1. The molecule has 2 N–H and O–H groups in total. The molecular weight excluding hydrogens is 374 g/mol. The van der Waals surface area contributed by atoms with Crippen molar-refractivity contribution in [1.82, 2.24) is 10.4 Å². The third kappa shape index (κ3) is 4.61. The van der Waals surface area contributed by atoms with E-state index in [1.54, 1.807) is 12.1 Å². The van der Waals surface area contributed by atoms with Crippen LogP contribution >= 0.6 is 11.8 Å². The molecule has 0 spiro atoms. The lowest BCUT2D eigenvalue weighted by molar-refractivity contribution is -0.118. The van der Waals surface area contributed by atoms with E-state index in [0.717, 1.165) is 27.1 Å². The summed E-state index contributed by atoms with van der Waals surface area (Å²) < 4.78 is 5.04. The van der Waals surface area contributed by atoms with Crippen LogP contribution in [-0.4, -0.2) is 35.1 Å². The van der Waals surface area contributed by atoms with Gasteiger partial charge < -0.3 is 9.84 Å². The summed E-state index contributed by atoms with van der Waals surface area (Å²) in [6.45, 7) is 4.08. The number of aromatic nitrogens is 1. The maximum absolute atomic E-state index is 12.1. The molecule has 3 aromatic rings. The van der Waals surface area contributed by atoms with Gasteiger partial charge in [-0.05, 0) is 54.8 Å². The molecule has 0 aliphatic heterocycles. The van der Waals surface area contributed by atoms with E-state index in [-0.39, 0.29) is 17.4 Å². The molecule has 1 amide bonds. The van der Waals surface area contributed by atoms with Crippen molar-refractivity contribution in [3.63, 3.8) is 0 Å². The Morgan fingerprint density at radius 1 is 1.25 bits per heavy atom. The first-order valence-electron chi connectivity index (χ1n) is 8.66. The fourth-order valence-electron chi connectivity index (χ4n) is 2.73. The minimum Gasteiger partial charge on any atom is -0.504 e. The van der Waals surface area contributed by atoms with Crippen molar-refractivity contribution < 1.29 is 14.6 Å². The Kier molecular flexibility index (Phi) is 6.16. The monoisotopic (exact) mass is 395 g/mol. The first-order valence-corrected chi connectivity index (χ1v) is 9.65. The molecule has 3 rings (SSSR count). The smallest absolute Gasteiger partial charge is 0.250 e. The van der Waals surface area contributed by atoms with Gasteiger partial charge in [-0.25, -0.2) is 10.4 Å². The Morgan fingerprint density at radius 3 is 2.86 bits per heavy atom. The summed E-state index contributed by atoms with van der Waals surface area (Å²) >= 11 is 1.37. The van der Waals surface area contributed by atoms with Crippen LogP contribution in [0.15, 0.2) is 52.6 Å². The number of ether oxygens (including phenoxy) is 1. The van der Waals surface area contributed by atoms with Crippen LogP contribution in [0.2, 0.25) is 0 Å². The van der Waals surface area contributed by atoms with E-state index in [9.17, 15) is 9.90 Å². The molecule has 144 valence electrons. The number of carbonyl (C=O) groups is 1. The first-order chi connectivity index (χ1) is 13.5. The van der Waals surface area contributed by atoms with E-state index in [4.69, 9.17) is 4.74 Å². The summed E-state index contributed by atoms with van der Waals surface area (Å²) in [5.41, 5.74) is 6.40. The van der Waals surface area contributed by atoms with Crippen LogP contribution in [0.5, 0.6) is 11.5 Å². The number of nitrogens with zero attached hydrogens (tertiary/aromatic N) is 2. The minimum atomic E-state index is -0.226. The average Bonchev–Trinajstić information content (AvgIpc) is 2.68. The van der Waals surface area contributed by atoms with Gasteiger partial charge in [-0.2, -0.15) is 5.10 Å². The van der Waals surface area contributed by atoms with E-state index in [2.05, 4.69) is 21.6 Å². The van der Waals surface area contributed by atoms with E-state index < -0.39 is 0 Å². The van der Waals surface area contributed by atoms with Gasteiger partial charge in [0.25, 0.3) is 0 Å². The van der Waals surface area contributed by atoms with E-state index in [1.165, 1.54) is 31.2 Å². The summed E-state index contributed by atoms with van der Waals surface area (Å²) in [6.07, 6.45) is 1.49. The van der Waals surface area contributed by atoms with Crippen molar-refractivity contribution in [1.29, 1.82) is 0 Å². The van der Waals surface area contributed by atoms with E-state index in [1.807, 2.05) is 32.0 Å². The number of rotatable bonds is 6. The summed E-state index contributed by atoms with van der Waals surface area (Å²) in [5, 5.41) is 15.5. The SMILES string of the molecule is COc1cc(C=NNC(=O)CSc2cc(C)c3cccc(C)c3n2)ccc1O. The predicted molar refractivity (Wildman–Crippen MR) is 112 cm³/mol. The molecule has 0 aliphatic rings. The van der Waals surface area contributed by atoms with Crippen LogP contribution in [0.4, 0.5) is 0 Å². The molecule has 28 heavy (non-hydrogen) atoms. The number of aryl methyl sites for hydroxylation is 2. The largest absolute Gasteiger partial charge is 0.504 e. The van der Waals surface area contributed by atoms with Gasteiger partial charge in [0.05, 0.1) is 29.6 Å². The number of amides is 1. The zero-order chi connectivity index (χ0) is 20.1. The van der Waals surface area contributed by atoms with Crippen molar-refractivity contribution in [2.45, 2.75) is 18.9 Å². The lowest BCUT2D eigenvalue weighted by atomic mass is 10.1. The number of aromatic hydroxyl groups is 1. The molecule has 0 saturated heterocycles. The van der Waals surface area contributed by atoms with Crippen LogP contribution < -0.4 is 10.2 Å². The third-order valence-electron chi connectivity index (χ3n) is 4.18. The molecule has 6 nitrogen and oxygen atoms in total. The molecule has 0 unspecified atom stereocenters. The number of thioether (sulfide) groups is 1. The minimum absolute atomic E-state index is 0.0495. The number of hydrazone groups is 1. The third-order valence-corrected chi connectivity index (χ3v) is 5.09. The number of nitrogens with one attached hydrogen (secondary N) is 1. The Morgan fingerprint density at radius 2 is 2.07 bits per heavy atom. The van der Waals surface area contributed by atoms with Crippen LogP contribution in [0.3, 0.4) is 0 Å². The van der Waals surface area contributed by atoms with Crippen LogP contribution in [-0.2, 0) is 4.79 Å². The Bertz CT molecular complexity index is 1050. The normalized spacial score (nSPS) is 11.1. The number of hydrogen-bond acceptors (Lipinski definition) is 6. The molecule has 1 heterocycles. The number of methoxy groups -OCH3 is 1. The highest BCUT2D eigenvalue weighted by Crippen LogP contribution is 2.26. The molecular formula is C21H21N3O3S. The summed E-state index contributed by atoms with van der Waals surface area (Å²) in [5.74, 6) is 0.378. The van der Waals surface area contributed by atoms with Gasteiger partial charge in [0.15, 0.2) is 11.5 Å². The van der Waals surface area contributed by atoms with Gasteiger partial charge >= 0.3 is 0 Å². The van der Waals surface area contributed by atoms with Crippen molar-refractivity contribution in [3.05, 3.63) is 59.2 Å². The van der Waals surface area contributed by atoms with E-state index >= 15 is 0 Å². The van der Waals surface area contributed by atoms with Gasteiger partial charge in [-0.3, -0.25) is 4.79 Å². The summed E-state index contributed by atoms with van der Waals surface area (Å²) in [4.78, 5) is 16.7. The molecule has 0 atom stereocenters. The van der Waals surface area contributed by atoms with Gasteiger partial charge in [0.2, 0.25) is 5.91 Å². The topological polar surface area (TPSA) is 83.8 Å². The molecule has 0 saturated carbocycles. The standard InChI is InChI=1S/C21H21N3O3S/c1-13-5-4-6-16-14(2)9-20(23-21(13)16)28-12-19(26)24-22-11-15-7-8-17(25)18(10-15)27-3/h4-11,25H,12H2,1-3H3,(H,24,26). The zero-order valence-electron chi connectivity index (χ0n) is 15.9. The highest BCUT2D eigenvalue weighted by Gasteiger charge is 2.08. The maximum atomic E-state index is 12.1. The summed E-state index contributed by atoms with van der Waals surface area (Å²) in [7, 11) is 1.47. The van der Waals surface area contributed by atoms with Crippen LogP contribution in [0, 0.1) is 13.8 Å². The number of phenols is 1. The van der Waals surface area contributed by atoms with Crippen molar-refractivity contribution >= 4 is 34.8 Å². The molecule has 7 heteroatoms. The lowest BCUT2D eigenvalue weighted by Crippen LogP contribution is -2.19. The lowest BCUT2D eigenvalue weighted by Gasteiger charge is -2.08. The van der Waals surface area contributed by atoms with Gasteiger partial charge in [-0.1, -0.05) is 30.0 Å².